The summed E-state index contributed by atoms with van der Waals surface area (Å²) in [7, 11) is 0. The van der Waals surface area contributed by atoms with E-state index >= 15 is 0 Å². The second-order valence-corrected chi connectivity index (χ2v) is 7.73. The summed E-state index contributed by atoms with van der Waals surface area (Å²) < 4.78 is 1.32. The van der Waals surface area contributed by atoms with Gasteiger partial charge in [0.2, 0.25) is 5.91 Å². The maximum absolute atomic E-state index is 12.9. The Bertz CT molecular complexity index is 1150. The topological polar surface area (TPSA) is 64.0 Å². The number of fused-ring (bicyclic) bond motifs is 1. The Morgan fingerprint density at radius 2 is 2.04 bits per heavy atom. The lowest BCUT2D eigenvalue weighted by atomic mass is 10.2. The van der Waals surface area contributed by atoms with Crippen LogP contribution in [0.15, 0.2) is 58.3 Å². The van der Waals surface area contributed by atoms with Crippen molar-refractivity contribution in [2.75, 3.05) is 5.32 Å². The number of benzene rings is 1. The van der Waals surface area contributed by atoms with Gasteiger partial charge in [0.1, 0.15) is 11.4 Å². The molecule has 0 unspecified atom stereocenters. The average molecular weight is 402 g/mol. The first-order valence-corrected chi connectivity index (χ1v) is 9.82. The lowest BCUT2D eigenvalue weighted by molar-refractivity contribution is -0.116. The Morgan fingerprint density at radius 1 is 1.19 bits per heavy atom. The van der Waals surface area contributed by atoms with Crippen LogP contribution in [0.25, 0.3) is 20.7 Å². The molecule has 3 aromatic heterocycles. The number of thiophene rings is 2. The van der Waals surface area contributed by atoms with Crippen LogP contribution in [0.5, 0.6) is 0 Å². The third-order valence-electron chi connectivity index (χ3n) is 3.81. The summed E-state index contributed by atoms with van der Waals surface area (Å²) in [4.78, 5) is 31.2. The van der Waals surface area contributed by atoms with Gasteiger partial charge in [0.15, 0.2) is 0 Å². The predicted molar refractivity (Wildman–Crippen MR) is 107 cm³/mol. The minimum Gasteiger partial charge on any atom is -0.323 e. The van der Waals surface area contributed by atoms with Crippen molar-refractivity contribution in [1.82, 2.24) is 9.55 Å². The molecule has 130 valence electrons. The third-order valence-corrected chi connectivity index (χ3v) is 5.93. The van der Waals surface area contributed by atoms with Crippen molar-refractivity contribution < 1.29 is 4.79 Å². The summed E-state index contributed by atoms with van der Waals surface area (Å²) in [5.41, 5.74) is 1.14. The quantitative estimate of drug-likeness (QED) is 0.548. The molecule has 1 amide bonds. The van der Waals surface area contributed by atoms with Crippen molar-refractivity contribution in [1.29, 1.82) is 0 Å². The molecule has 0 saturated carbocycles. The highest BCUT2D eigenvalue weighted by molar-refractivity contribution is 7.18. The second kappa shape index (κ2) is 7.03. The summed E-state index contributed by atoms with van der Waals surface area (Å²) in [6.45, 7) is -0.132. The molecule has 1 aromatic carbocycles. The van der Waals surface area contributed by atoms with E-state index in [9.17, 15) is 9.59 Å². The van der Waals surface area contributed by atoms with Crippen molar-refractivity contribution in [2.24, 2.45) is 0 Å². The standard InChI is InChI=1S/C18H12ClN3O2S2/c19-12-4-1-2-5-13(12)21-15(23)8-22-10-20-17-16(18(22)24)11(9-26-17)14-6-3-7-25-14/h1-7,9-10H,8H2,(H,21,23). The Kier molecular flexibility index (Phi) is 4.58. The van der Waals surface area contributed by atoms with Gasteiger partial charge in [-0.05, 0) is 23.6 Å². The molecule has 0 radical (unpaired) electrons. The van der Waals surface area contributed by atoms with E-state index in [1.165, 1.54) is 22.2 Å². The van der Waals surface area contributed by atoms with E-state index in [-0.39, 0.29) is 18.0 Å². The molecule has 0 aliphatic heterocycles. The lowest BCUT2D eigenvalue weighted by Gasteiger charge is -2.08. The Morgan fingerprint density at radius 3 is 2.81 bits per heavy atom. The monoisotopic (exact) mass is 401 g/mol. The van der Waals surface area contributed by atoms with E-state index in [2.05, 4.69) is 10.3 Å². The van der Waals surface area contributed by atoms with E-state index in [0.29, 0.717) is 20.9 Å². The molecule has 3 heterocycles. The van der Waals surface area contributed by atoms with Crippen molar-refractivity contribution in [3.05, 3.63) is 68.9 Å². The molecular formula is C18H12ClN3O2S2. The van der Waals surface area contributed by atoms with Crippen molar-refractivity contribution >= 4 is 56.1 Å². The molecule has 4 rings (SSSR count). The Balaban J connectivity index is 1.66. The van der Waals surface area contributed by atoms with Gasteiger partial charge < -0.3 is 5.32 Å². The summed E-state index contributed by atoms with van der Waals surface area (Å²) in [5, 5.41) is 7.60. The van der Waals surface area contributed by atoms with Gasteiger partial charge in [-0.1, -0.05) is 29.8 Å². The average Bonchev–Trinajstić information content (AvgIpc) is 3.29. The molecule has 0 aliphatic rings. The zero-order valence-electron chi connectivity index (χ0n) is 13.3. The van der Waals surface area contributed by atoms with Crippen LogP contribution in [0.1, 0.15) is 0 Å². The largest absolute Gasteiger partial charge is 0.323 e. The maximum atomic E-state index is 12.9. The summed E-state index contributed by atoms with van der Waals surface area (Å²) in [6, 6.07) is 10.9. The number of halogens is 1. The van der Waals surface area contributed by atoms with Gasteiger partial charge in [0.25, 0.3) is 5.56 Å². The van der Waals surface area contributed by atoms with Gasteiger partial charge in [-0.25, -0.2) is 4.98 Å². The molecule has 0 atom stereocenters. The molecule has 26 heavy (non-hydrogen) atoms. The molecule has 0 fully saturated rings. The van der Waals surface area contributed by atoms with Crippen molar-refractivity contribution in [2.45, 2.75) is 6.54 Å². The fourth-order valence-corrected chi connectivity index (χ4v) is 4.50. The third kappa shape index (κ3) is 3.16. The highest BCUT2D eigenvalue weighted by atomic mass is 35.5. The first kappa shape index (κ1) is 17.0. The number of rotatable bonds is 4. The summed E-state index contributed by atoms with van der Waals surface area (Å²) >= 11 is 9.04. The highest BCUT2D eigenvalue weighted by Gasteiger charge is 2.15. The van der Waals surface area contributed by atoms with Crippen LogP contribution < -0.4 is 10.9 Å². The number of hydrogen-bond acceptors (Lipinski definition) is 5. The zero-order chi connectivity index (χ0) is 18.1. The number of nitrogens with one attached hydrogen (secondary N) is 1. The van der Waals surface area contributed by atoms with Gasteiger partial charge >= 0.3 is 0 Å². The summed E-state index contributed by atoms with van der Waals surface area (Å²) in [6.07, 6.45) is 1.41. The molecule has 0 saturated heterocycles. The molecule has 1 N–H and O–H groups in total. The molecule has 0 bridgehead atoms. The van der Waals surface area contributed by atoms with Crippen LogP contribution in [-0.4, -0.2) is 15.5 Å². The smallest absolute Gasteiger partial charge is 0.263 e. The van der Waals surface area contributed by atoms with Crippen molar-refractivity contribution in [3.8, 4) is 10.4 Å². The minimum atomic E-state index is -0.339. The van der Waals surface area contributed by atoms with Gasteiger partial charge in [-0.3, -0.25) is 14.2 Å². The second-order valence-electron chi connectivity index (χ2n) is 5.51. The van der Waals surface area contributed by atoms with E-state index < -0.39 is 0 Å². The minimum absolute atomic E-state index is 0.132. The van der Waals surface area contributed by atoms with Crippen molar-refractivity contribution in [3.63, 3.8) is 0 Å². The summed E-state index contributed by atoms with van der Waals surface area (Å²) in [5.74, 6) is -0.339. The number of carbonyl (C=O) groups is 1. The van der Waals surface area contributed by atoms with Gasteiger partial charge in [0.05, 0.1) is 22.4 Å². The van der Waals surface area contributed by atoms with Crippen LogP contribution in [-0.2, 0) is 11.3 Å². The van der Waals surface area contributed by atoms with E-state index in [0.717, 1.165) is 10.4 Å². The zero-order valence-corrected chi connectivity index (χ0v) is 15.7. The van der Waals surface area contributed by atoms with Crippen LogP contribution in [0.4, 0.5) is 5.69 Å². The number of amides is 1. The first-order valence-electron chi connectivity index (χ1n) is 7.68. The predicted octanol–water partition coefficient (Wildman–Crippen LogP) is 4.48. The normalized spacial score (nSPS) is 11.0. The Hall–Kier alpha value is -2.48. The van der Waals surface area contributed by atoms with Gasteiger partial charge in [-0.2, -0.15) is 0 Å². The molecule has 8 heteroatoms. The Labute approximate surface area is 161 Å². The molecule has 5 nitrogen and oxygen atoms in total. The maximum Gasteiger partial charge on any atom is 0.263 e. The molecule has 0 aliphatic carbocycles. The number of nitrogens with zero attached hydrogens (tertiary/aromatic N) is 2. The van der Waals surface area contributed by atoms with E-state index in [1.807, 2.05) is 22.9 Å². The van der Waals surface area contributed by atoms with Gasteiger partial charge in [-0.15, -0.1) is 22.7 Å². The SMILES string of the molecule is O=C(Cn1cnc2scc(-c3cccs3)c2c1=O)Nc1ccccc1Cl. The van der Waals surface area contributed by atoms with Crippen LogP contribution in [0.2, 0.25) is 5.02 Å². The number of hydrogen-bond donors (Lipinski definition) is 1. The van der Waals surface area contributed by atoms with Crippen LogP contribution in [0, 0.1) is 0 Å². The first-order chi connectivity index (χ1) is 12.6. The van der Waals surface area contributed by atoms with E-state index in [1.54, 1.807) is 35.6 Å². The highest BCUT2D eigenvalue weighted by Crippen LogP contribution is 2.33. The lowest BCUT2D eigenvalue weighted by Crippen LogP contribution is -2.27. The molecule has 0 spiro atoms. The van der Waals surface area contributed by atoms with E-state index in [4.69, 9.17) is 11.6 Å². The number of aromatic nitrogens is 2. The van der Waals surface area contributed by atoms with Crippen LogP contribution >= 0.6 is 34.3 Å². The number of para-hydroxylation sites is 1. The fourth-order valence-electron chi connectivity index (χ4n) is 2.60. The molecular weight excluding hydrogens is 390 g/mol. The number of carbonyl (C=O) groups excluding carboxylic acids is 1. The van der Waals surface area contributed by atoms with Crippen LogP contribution in [0.3, 0.4) is 0 Å². The molecule has 4 aromatic rings. The van der Waals surface area contributed by atoms with Gasteiger partial charge in [0, 0.05) is 15.8 Å². The fraction of sp³-hybridized carbons (Fsp3) is 0.0556. The number of anilines is 1.